The molecule has 0 bridgehead atoms. The molecule has 0 nitrogen and oxygen atoms in total. The van der Waals surface area contributed by atoms with Crippen LogP contribution in [-0.2, 0) is 0 Å². The summed E-state index contributed by atoms with van der Waals surface area (Å²) in [5.41, 5.74) is 4.41. The van der Waals surface area contributed by atoms with Gasteiger partial charge in [0, 0.05) is 0 Å². The first-order chi connectivity index (χ1) is 6.57. The molecule has 0 spiro atoms. The molecule has 0 aliphatic carbocycles. The summed E-state index contributed by atoms with van der Waals surface area (Å²) in [7, 11) is 0. The molecular formula is C14H21. The molecular weight excluding hydrogens is 168 g/mol. The van der Waals surface area contributed by atoms with Crippen LogP contribution in [0.5, 0.6) is 0 Å². The van der Waals surface area contributed by atoms with Crippen LogP contribution in [0.3, 0.4) is 0 Å². The summed E-state index contributed by atoms with van der Waals surface area (Å²) in [6, 6.07) is 6.63. The second-order valence-corrected chi connectivity index (χ2v) is 4.45. The summed E-state index contributed by atoms with van der Waals surface area (Å²) in [6.07, 6.45) is 2.21. The summed E-state index contributed by atoms with van der Waals surface area (Å²) >= 11 is 0. The van der Waals surface area contributed by atoms with E-state index in [1.807, 2.05) is 0 Å². The van der Waals surface area contributed by atoms with Gasteiger partial charge >= 0.3 is 0 Å². The maximum absolute atomic E-state index is 2.27. The van der Waals surface area contributed by atoms with Gasteiger partial charge in [0.15, 0.2) is 0 Å². The third-order valence-electron chi connectivity index (χ3n) is 2.68. The van der Waals surface area contributed by atoms with Gasteiger partial charge < -0.3 is 0 Å². The summed E-state index contributed by atoms with van der Waals surface area (Å²) < 4.78 is 0. The van der Waals surface area contributed by atoms with Crippen LogP contribution in [0.25, 0.3) is 0 Å². The maximum atomic E-state index is 2.27. The zero-order valence-electron chi connectivity index (χ0n) is 9.96. The monoisotopic (exact) mass is 189 g/mol. The zero-order valence-corrected chi connectivity index (χ0v) is 9.96. The Morgan fingerprint density at radius 2 is 1.64 bits per heavy atom. The van der Waals surface area contributed by atoms with E-state index in [9.17, 15) is 0 Å². The van der Waals surface area contributed by atoms with E-state index in [4.69, 9.17) is 0 Å². The second-order valence-electron chi connectivity index (χ2n) is 4.45. The molecule has 0 fully saturated rings. The maximum Gasteiger partial charge on any atom is -0.0121 e. The lowest BCUT2D eigenvalue weighted by molar-refractivity contribution is 0.784. The molecule has 1 rings (SSSR count). The second kappa shape index (κ2) is 4.63. The molecule has 0 aromatic heterocycles. The largest absolute Gasteiger partial charge is 0.0617 e. The van der Waals surface area contributed by atoms with Gasteiger partial charge in [-0.25, -0.2) is 0 Å². The minimum atomic E-state index is 0.611. The number of benzene rings is 1. The fourth-order valence-corrected chi connectivity index (χ4v) is 2.02. The number of rotatable bonds is 3. The molecule has 0 aliphatic heterocycles. The molecule has 0 atom stereocenters. The molecule has 1 aromatic rings. The molecule has 1 radical (unpaired) electrons. The highest BCUT2D eigenvalue weighted by atomic mass is 14.2. The van der Waals surface area contributed by atoms with Crippen molar-refractivity contribution >= 4 is 0 Å². The Morgan fingerprint density at radius 1 is 1.00 bits per heavy atom. The van der Waals surface area contributed by atoms with Gasteiger partial charge in [0.1, 0.15) is 0 Å². The van der Waals surface area contributed by atoms with Gasteiger partial charge in [0.25, 0.3) is 0 Å². The molecule has 0 saturated heterocycles. The van der Waals surface area contributed by atoms with E-state index in [-0.39, 0.29) is 0 Å². The first kappa shape index (κ1) is 11.3. The van der Waals surface area contributed by atoms with E-state index in [1.165, 1.54) is 16.7 Å². The van der Waals surface area contributed by atoms with Crippen LogP contribution in [-0.4, -0.2) is 0 Å². The summed E-state index contributed by atoms with van der Waals surface area (Å²) in [5.74, 6) is 1.23. The van der Waals surface area contributed by atoms with E-state index in [1.54, 1.807) is 0 Å². The molecule has 0 heteroatoms. The smallest absolute Gasteiger partial charge is 0.0121 e. The van der Waals surface area contributed by atoms with Crippen LogP contribution in [0.2, 0.25) is 0 Å². The average Bonchev–Trinajstić information content (AvgIpc) is 2.16. The minimum absolute atomic E-state index is 0.611. The first-order valence-corrected chi connectivity index (χ1v) is 5.50. The summed E-state index contributed by atoms with van der Waals surface area (Å²) in [4.78, 5) is 0. The molecule has 0 saturated carbocycles. The fraction of sp³-hybridized carbons (Fsp3) is 0.500. The molecule has 0 heterocycles. The van der Waals surface area contributed by atoms with Crippen LogP contribution in [0.1, 0.15) is 63.1 Å². The van der Waals surface area contributed by atoms with Crippen LogP contribution in [0, 0.1) is 6.42 Å². The van der Waals surface area contributed by atoms with Crippen LogP contribution >= 0.6 is 0 Å². The van der Waals surface area contributed by atoms with Crippen molar-refractivity contribution in [2.45, 2.75) is 46.5 Å². The van der Waals surface area contributed by atoms with Crippen LogP contribution < -0.4 is 0 Å². The van der Waals surface area contributed by atoms with Crippen molar-refractivity contribution in [3.05, 3.63) is 41.3 Å². The molecule has 0 aliphatic rings. The van der Waals surface area contributed by atoms with E-state index >= 15 is 0 Å². The fourth-order valence-electron chi connectivity index (χ4n) is 2.02. The summed E-state index contributed by atoms with van der Waals surface area (Å²) in [5, 5.41) is 0. The Hall–Kier alpha value is -0.780. The minimum Gasteiger partial charge on any atom is -0.0617 e. The predicted molar refractivity (Wildman–Crippen MR) is 63.7 cm³/mol. The quantitative estimate of drug-likeness (QED) is 0.656. The molecule has 1 aromatic carbocycles. The van der Waals surface area contributed by atoms with Crippen LogP contribution in [0.4, 0.5) is 0 Å². The third kappa shape index (κ3) is 2.17. The molecule has 77 valence electrons. The van der Waals surface area contributed by atoms with Crippen molar-refractivity contribution in [3.63, 3.8) is 0 Å². The molecule has 14 heavy (non-hydrogen) atoms. The predicted octanol–water partition coefficient (Wildman–Crippen LogP) is 4.51. The van der Waals surface area contributed by atoms with E-state index in [0.717, 1.165) is 0 Å². The van der Waals surface area contributed by atoms with Gasteiger partial charge in [-0.3, -0.25) is 0 Å². The Labute approximate surface area is 88.4 Å². The molecule has 0 N–H and O–H groups in total. The lowest BCUT2D eigenvalue weighted by Gasteiger charge is -2.19. The highest BCUT2D eigenvalue weighted by Gasteiger charge is 2.12. The molecule has 0 amide bonds. The first-order valence-electron chi connectivity index (χ1n) is 5.50. The Morgan fingerprint density at radius 3 is 2.07 bits per heavy atom. The normalized spacial score (nSPS) is 11.4. The van der Waals surface area contributed by atoms with Crippen molar-refractivity contribution in [1.29, 1.82) is 0 Å². The van der Waals surface area contributed by atoms with Gasteiger partial charge in [0.2, 0.25) is 0 Å². The van der Waals surface area contributed by atoms with Crippen molar-refractivity contribution in [2.24, 2.45) is 0 Å². The third-order valence-corrected chi connectivity index (χ3v) is 2.68. The SMILES string of the molecule is C[CH]c1cccc(C(C)C)c1C(C)C. The van der Waals surface area contributed by atoms with Gasteiger partial charge in [-0.15, -0.1) is 0 Å². The van der Waals surface area contributed by atoms with Crippen molar-refractivity contribution in [2.75, 3.05) is 0 Å². The van der Waals surface area contributed by atoms with Gasteiger partial charge in [-0.05, 0) is 34.9 Å². The van der Waals surface area contributed by atoms with E-state index < -0.39 is 0 Å². The highest BCUT2D eigenvalue weighted by Crippen LogP contribution is 2.29. The Balaban J connectivity index is 3.28. The average molecular weight is 189 g/mol. The van der Waals surface area contributed by atoms with Crippen LogP contribution in [0.15, 0.2) is 18.2 Å². The Kier molecular flexibility index (Phi) is 3.74. The van der Waals surface area contributed by atoms with Crippen molar-refractivity contribution in [3.8, 4) is 0 Å². The summed E-state index contributed by atoms with van der Waals surface area (Å²) in [6.45, 7) is 11.2. The molecule has 0 unspecified atom stereocenters. The van der Waals surface area contributed by atoms with Gasteiger partial charge in [-0.2, -0.15) is 0 Å². The van der Waals surface area contributed by atoms with Gasteiger partial charge in [-0.1, -0.05) is 52.8 Å². The zero-order chi connectivity index (χ0) is 10.7. The van der Waals surface area contributed by atoms with E-state index in [0.29, 0.717) is 11.8 Å². The topological polar surface area (TPSA) is 0 Å². The standard InChI is InChI=1S/C14H21/c1-6-12-8-7-9-13(10(2)3)14(12)11(4)5/h6-11H,1-5H3. The van der Waals surface area contributed by atoms with Gasteiger partial charge in [0.05, 0.1) is 0 Å². The van der Waals surface area contributed by atoms with Crippen molar-refractivity contribution < 1.29 is 0 Å². The van der Waals surface area contributed by atoms with Crippen molar-refractivity contribution in [1.82, 2.24) is 0 Å². The highest BCUT2D eigenvalue weighted by molar-refractivity contribution is 5.42. The lowest BCUT2D eigenvalue weighted by atomic mass is 9.86. The number of hydrogen-bond donors (Lipinski definition) is 0. The Bertz CT molecular complexity index is 295. The van der Waals surface area contributed by atoms with E-state index in [2.05, 4.69) is 59.2 Å². The number of hydrogen-bond acceptors (Lipinski definition) is 0. The lowest BCUT2D eigenvalue weighted by Crippen LogP contribution is -2.02.